The van der Waals surface area contributed by atoms with Crippen LogP contribution in [0.3, 0.4) is 0 Å². The predicted octanol–water partition coefficient (Wildman–Crippen LogP) is 3.85. The Bertz CT molecular complexity index is 1120. The lowest BCUT2D eigenvalue weighted by Gasteiger charge is -2.39. The second kappa shape index (κ2) is 8.11. The highest BCUT2D eigenvalue weighted by Crippen LogP contribution is 2.40. The maximum atomic E-state index is 13.7. The fraction of sp³-hybridized carbons (Fsp3) is 0.409. The van der Waals surface area contributed by atoms with E-state index in [-0.39, 0.29) is 5.69 Å². The third-order valence-corrected chi connectivity index (χ3v) is 6.43. The summed E-state index contributed by atoms with van der Waals surface area (Å²) in [4.78, 5) is 13.1. The van der Waals surface area contributed by atoms with Crippen molar-refractivity contribution in [2.45, 2.75) is 51.8 Å². The fourth-order valence-corrected chi connectivity index (χ4v) is 4.98. The number of nitrogens with zero attached hydrogens (tertiary/aromatic N) is 1. The molecule has 9 heteroatoms. The van der Waals surface area contributed by atoms with E-state index < -0.39 is 45.2 Å². The van der Waals surface area contributed by atoms with Crippen molar-refractivity contribution in [1.29, 1.82) is 0 Å². The van der Waals surface area contributed by atoms with Gasteiger partial charge >= 0.3 is 0 Å². The Labute approximate surface area is 181 Å². The maximum Gasteiger partial charge on any atom is 0.244 e. The molecule has 2 atom stereocenters. The van der Waals surface area contributed by atoms with Gasteiger partial charge in [-0.3, -0.25) is 9.10 Å². The maximum absolute atomic E-state index is 13.7. The van der Waals surface area contributed by atoms with Crippen LogP contribution < -0.4 is 14.4 Å². The number of anilines is 1. The lowest BCUT2D eigenvalue weighted by molar-refractivity contribution is -0.123. The molecule has 0 aliphatic carbocycles. The van der Waals surface area contributed by atoms with Gasteiger partial charge in [0.1, 0.15) is 17.4 Å². The molecule has 1 heterocycles. The molecule has 0 radical (unpaired) electrons. The third-order valence-electron chi connectivity index (χ3n) is 5.19. The number of sulfonamides is 1. The summed E-state index contributed by atoms with van der Waals surface area (Å²) in [5, 5.41) is 2.91. The summed E-state index contributed by atoms with van der Waals surface area (Å²) in [5.74, 6) is -2.21. The molecule has 1 aliphatic heterocycles. The van der Waals surface area contributed by atoms with Gasteiger partial charge in [0.15, 0.2) is 11.6 Å². The van der Waals surface area contributed by atoms with E-state index in [0.29, 0.717) is 12.2 Å². The van der Waals surface area contributed by atoms with E-state index in [1.165, 1.54) is 6.92 Å². The van der Waals surface area contributed by atoms with Crippen molar-refractivity contribution in [2.75, 3.05) is 10.6 Å². The molecule has 0 bridgehead atoms. The first-order valence-electron chi connectivity index (χ1n) is 9.83. The van der Waals surface area contributed by atoms with Gasteiger partial charge in [0.2, 0.25) is 15.9 Å². The summed E-state index contributed by atoms with van der Waals surface area (Å²) < 4.78 is 58.7. The van der Waals surface area contributed by atoms with Crippen molar-refractivity contribution in [3.05, 3.63) is 59.2 Å². The van der Waals surface area contributed by atoms with Gasteiger partial charge in [0.25, 0.3) is 0 Å². The average Bonchev–Trinajstić information content (AvgIpc) is 2.62. The third kappa shape index (κ3) is 4.98. The first-order chi connectivity index (χ1) is 14.3. The molecule has 0 spiro atoms. The Morgan fingerprint density at radius 3 is 2.48 bits per heavy atom. The molecule has 31 heavy (non-hydrogen) atoms. The minimum absolute atomic E-state index is 0.132. The van der Waals surface area contributed by atoms with Crippen LogP contribution in [-0.2, 0) is 14.8 Å². The smallest absolute Gasteiger partial charge is 0.244 e. The molecule has 0 saturated carbocycles. The normalized spacial score (nSPS) is 18.5. The highest BCUT2D eigenvalue weighted by atomic mass is 32.2. The molecule has 0 aromatic heterocycles. The summed E-state index contributed by atoms with van der Waals surface area (Å²) in [7, 11) is -3.96. The van der Waals surface area contributed by atoms with E-state index in [4.69, 9.17) is 4.74 Å². The summed E-state index contributed by atoms with van der Waals surface area (Å²) in [5.41, 5.74) is 1.13. The fourth-order valence-electron chi connectivity index (χ4n) is 3.81. The molecule has 2 aromatic carbocycles. The van der Waals surface area contributed by atoms with Crippen molar-refractivity contribution in [3.8, 4) is 5.75 Å². The van der Waals surface area contributed by atoms with Gasteiger partial charge in [-0.2, -0.15) is 0 Å². The number of benzene rings is 2. The largest absolute Gasteiger partial charge is 0.487 e. The van der Waals surface area contributed by atoms with Gasteiger partial charge in [0, 0.05) is 18.1 Å². The number of ether oxygens (including phenoxy) is 1. The summed E-state index contributed by atoms with van der Waals surface area (Å²) in [6, 6.07) is 6.79. The number of fused-ring (bicyclic) bond motifs is 1. The van der Waals surface area contributed by atoms with Crippen LogP contribution in [0, 0.1) is 18.6 Å². The molecule has 168 valence electrons. The Hall–Kier alpha value is -2.68. The van der Waals surface area contributed by atoms with Crippen LogP contribution in [0.4, 0.5) is 14.5 Å². The SMILES string of the molecule is Cc1ccc2c(c1)OC(C)(C)C[C@H]2NC(=O)[C@@H](C)N(c1ccc(F)c(F)c1)S(C)(=O)=O. The van der Waals surface area contributed by atoms with Gasteiger partial charge in [-0.1, -0.05) is 12.1 Å². The monoisotopic (exact) mass is 452 g/mol. The highest BCUT2D eigenvalue weighted by molar-refractivity contribution is 7.92. The van der Waals surface area contributed by atoms with Crippen molar-refractivity contribution >= 4 is 21.6 Å². The van der Waals surface area contributed by atoms with Crippen LogP contribution in [0.25, 0.3) is 0 Å². The molecule has 1 aliphatic rings. The Kier molecular flexibility index (Phi) is 6.01. The van der Waals surface area contributed by atoms with E-state index in [9.17, 15) is 22.0 Å². The number of hydrogen-bond donors (Lipinski definition) is 1. The molecule has 0 fully saturated rings. The van der Waals surface area contributed by atoms with Crippen molar-refractivity contribution < 1.29 is 26.7 Å². The molecule has 2 aromatic rings. The molecule has 0 saturated heterocycles. The van der Waals surface area contributed by atoms with Crippen LogP contribution in [-0.4, -0.2) is 32.2 Å². The zero-order valence-electron chi connectivity index (χ0n) is 18.1. The number of nitrogens with one attached hydrogen (secondary N) is 1. The Morgan fingerprint density at radius 2 is 1.87 bits per heavy atom. The number of aryl methyl sites for hydroxylation is 1. The molecule has 6 nitrogen and oxygen atoms in total. The first-order valence-corrected chi connectivity index (χ1v) is 11.7. The number of carbonyl (C=O) groups excluding carboxylic acids is 1. The van der Waals surface area contributed by atoms with Gasteiger partial charge in [-0.15, -0.1) is 0 Å². The topological polar surface area (TPSA) is 75.7 Å². The lowest BCUT2D eigenvalue weighted by atomic mass is 9.89. The zero-order chi connectivity index (χ0) is 23.1. The summed E-state index contributed by atoms with van der Waals surface area (Å²) >= 11 is 0. The van der Waals surface area contributed by atoms with Crippen molar-refractivity contribution in [2.24, 2.45) is 0 Å². The van der Waals surface area contributed by atoms with Gasteiger partial charge < -0.3 is 10.1 Å². The van der Waals surface area contributed by atoms with E-state index in [1.807, 2.05) is 39.0 Å². The van der Waals surface area contributed by atoms with Crippen LogP contribution in [0.2, 0.25) is 0 Å². The number of carbonyl (C=O) groups is 1. The standard InChI is InChI=1S/C22H26F2N2O4S/c1-13-6-8-16-19(12-22(3,4)30-20(16)10-13)25-21(27)14(2)26(31(5,28)29)15-7-9-17(23)18(24)11-15/h6-11,14,19H,12H2,1-5H3,(H,25,27)/t14-,19-/m1/s1. The minimum atomic E-state index is -3.96. The minimum Gasteiger partial charge on any atom is -0.487 e. The first kappa shape index (κ1) is 23.0. The second-order valence-electron chi connectivity index (χ2n) is 8.50. The quantitative estimate of drug-likeness (QED) is 0.748. The average molecular weight is 453 g/mol. The van der Waals surface area contributed by atoms with Crippen LogP contribution in [0.5, 0.6) is 5.75 Å². The number of amides is 1. The van der Waals surface area contributed by atoms with E-state index >= 15 is 0 Å². The Balaban J connectivity index is 1.92. The van der Waals surface area contributed by atoms with Crippen molar-refractivity contribution in [1.82, 2.24) is 5.32 Å². The van der Waals surface area contributed by atoms with Crippen LogP contribution in [0.15, 0.2) is 36.4 Å². The summed E-state index contributed by atoms with van der Waals surface area (Å²) in [6.07, 6.45) is 1.39. The van der Waals surface area contributed by atoms with Crippen LogP contribution in [0.1, 0.15) is 44.4 Å². The van der Waals surface area contributed by atoms with Gasteiger partial charge in [-0.25, -0.2) is 17.2 Å². The lowest BCUT2D eigenvalue weighted by Crippen LogP contribution is -2.50. The van der Waals surface area contributed by atoms with Crippen LogP contribution >= 0.6 is 0 Å². The van der Waals surface area contributed by atoms with E-state index in [1.54, 1.807) is 0 Å². The molecule has 1 amide bonds. The number of halogens is 2. The molecule has 1 N–H and O–H groups in total. The molecular formula is C22H26F2N2O4S. The zero-order valence-corrected chi connectivity index (χ0v) is 18.9. The van der Waals surface area contributed by atoms with E-state index in [0.717, 1.165) is 39.9 Å². The summed E-state index contributed by atoms with van der Waals surface area (Å²) in [6.45, 7) is 7.15. The number of rotatable bonds is 5. The molecular weight excluding hydrogens is 426 g/mol. The van der Waals surface area contributed by atoms with Gasteiger partial charge in [-0.05, 0) is 51.5 Å². The second-order valence-corrected chi connectivity index (χ2v) is 10.4. The highest BCUT2D eigenvalue weighted by Gasteiger charge is 2.37. The predicted molar refractivity (Wildman–Crippen MR) is 115 cm³/mol. The Morgan fingerprint density at radius 1 is 1.19 bits per heavy atom. The van der Waals surface area contributed by atoms with E-state index in [2.05, 4.69) is 5.32 Å². The molecule has 0 unspecified atom stereocenters. The van der Waals surface area contributed by atoms with Crippen molar-refractivity contribution in [3.63, 3.8) is 0 Å². The number of hydrogen-bond acceptors (Lipinski definition) is 4. The molecule has 3 rings (SSSR count). The van der Waals surface area contributed by atoms with Gasteiger partial charge in [0.05, 0.1) is 18.0 Å².